The van der Waals surface area contributed by atoms with Crippen LogP contribution in [0.1, 0.15) is 5.56 Å². The van der Waals surface area contributed by atoms with E-state index < -0.39 is 0 Å². The molecule has 0 saturated carbocycles. The lowest BCUT2D eigenvalue weighted by atomic mass is 9.96. The van der Waals surface area contributed by atoms with E-state index in [1.165, 1.54) is 0 Å². The molecule has 1 aromatic carbocycles. The van der Waals surface area contributed by atoms with Gasteiger partial charge in [-0.25, -0.2) is 0 Å². The molecule has 0 saturated heterocycles. The number of benzene rings is 1. The summed E-state index contributed by atoms with van der Waals surface area (Å²) in [6, 6.07) is 5.67. The summed E-state index contributed by atoms with van der Waals surface area (Å²) in [5, 5.41) is 14.0. The molecule has 0 aliphatic carbocycles. The highest BCUT2D eigenvalue weighted by molar-refractivity contribution is 7.99. The van der Waals surface area contributed by atoms with E-state index in [1.807, 2.05) is 18.2 Å². The molecule has 8 heteroatoms. The van der Waals surface area contributed by atoms with Gasteiger partial charge in [-0.3, -0.25) is 4.79 Å². The highest BCUT2D eigenvalue weighted by atomic mass is 32.2. The molecule has 0 bridgehead atoms. The molecule has 2 heterocycles. The number of nitrogens with zero attached hydrogens (tertiary/aromatic N) is 2. The van der Waals surface area contributed by atoms with Crippen molar-refractivity contribution in [2.45, 2.75) is 11.4 Å². The second-order valence-corrected chi connectivity index (χ2v) is 6.25. The van der Waals surface area contributed by atoms with Crippen molar-refractivity contribution in [1.82, 2.24) is 20.7 Å². The van der Waals surface area contributed by atoms with Gasteiger partial charge in [0.15, 0.2) is 0 Å². The quantitative estimate of drug-likeness (QED) is 0.611. The number of hydrogen-bond acceptors (Lipinski definition) is 6. The van der Waals surface area contributed by atoms with Crippen molar-refractivity contribution in [1.29, 1.82) is 0 Å². The van der Waals surface area contributed by atoms with Crippen molar-refractivity contribution in [2.24, 2.45) is 5.92 Å². The van der Waals surface area contributed by atoms with Crippen LogP contribution < -0.4 is 14.8 Å². The Hall–Kier alpha value is -2.22. The minimum atomic E-state index is -0.174. The van der Waals surface area contributed by atoms with Crippen molar-refractivity contribution in [3.05, 3.63) is 30.0 Å². The number of nitrogens with one attached hydrogen (secondary N) is 2. The lowest BCUT2D eigenvalue weighted by Gasteiger charge is -2.25. The summed E-state index contributed by atoms with van der Waals surface area (Å²) in [6.45, 7) is 0.986. The van der Waals surface area contributed by atoms with Crippen molar-refractivity contribution in [2.75, 3.05) is 26.0 Å². The normalized spacial score (nSPS) is 16.3. The van der Waals surface area contributed by atoms with Crippen LogP contribution in [0.25, 0.3) is 0 Å². The predicted molar refractivity (Wildman–Crippen MR) is 85.8 cm³/mol. The van der Waals surface area contributed by atoms with E-state index in [1.54, 1.807) is 25.1 Å². The predicted octanol–water partition coefficient (Wildman–Crippen LogP) is 1.27. The van der Waals surface area contributed by atoms with Crippen LogP contribution in [0.2, 0.25) is 0 Å². The Morgan fingerprint density at radius 1 is 1.57 bits per heavy atom. The lowest BCUT2D eigenvalue weighted by molar-refractivity contribution is -0.126. The maximum atomic E-state index is 12.3. The number of H-pyrrole nitrogens is 1. The molecule has 1 atom stereocenters. The van der Waals surface area contributed by atoms with Crippen molar-refractivity contribution in [3.8, 4) is 11.5 Å². The average molecular weight is 334 g/mol. The summed E-state index contributed by atoms with van der Waals surface area (Å²) in [4.78, 5) is 12.3. The van der Waals surface area contributed by atoms with Gasteiger partial charge in [0.2, 0.25) is 5.91 Å². The number of amides is 1. The number of aromatic amines is 1. The smallest absolute Gasteiger partial charge is 0.226 e. The van der Waals surface area contributed by atoms with E-state index in [2.05, 4.69) is 20.7 Å². The topological polar surface area (TPSA) is 89.1 Å². The number of aromatic nitrogens is 3. The molecule has 2 aromatic rings. The molecular weight excluding hydrogens is 316 g/mol. The Kier molecular flexibility index (Phi) is 5.02. The third-order valence-corrected chi connectivity index (χ3v) is 4.49. The minimum absolute atomic E-state index is 0.0132. The Morgan fingerprint density at radius 2 is 2.48 bits per heavy atom. The van der Waals surface area contributed by atoms with E-state index >= 15 is 0 Å². The molecule has 0 radical (unpaired) electrons. The van der Waals surface area contributed by atoms with Gasteiger partial charge in [0, 0.05) is 12.3 Å². The number of thioether (sulfide) groups is 1. The Labute approximate surface area is 138 Å². The van der Waals surface area contributed by atoms with Crippen molar-refractivity contribution < 1.29 is 14.3 Å². The number of fused-ring (bicyclic) bond motifs is 1. The number of ether oxygens (including phenoxy) is 2. The minimum Gasteiger partial charge on any atom is -0.497 e. The van der Waals surface area contributed by atoms with Gasteiger partial charge in [0.1, 0.15) is 23.1 Å². The Bertz CT molecular complexity index is 663. The fourth-order valence-corrected chi connectivity index (χ4v) is 3.05. The van der Waals surface area contributed by atoms with Gasteiger partial charge in [-0.2, -0.15) is 10.3 Å². The second kappa shape index (κ2) is 7.36. The molecule has 1 aromatic heterocycles. The number of methoxy groups -OCH3 is 1. The highest BCUT2D eigenvalue weighted by Gasteiger charge is 2.26. The average Bonchev–Trinajstić information content (AvgIpc) is 3.11. The van der Waals surface area contributed by atoms with Gasteiger partial charge in [-0.1, -0.05) is 0 Å². The number of hydrogen-bond donors (Lipinski definition) is 2. The summed E-state index contributed by atoms with van der Waals surface area (Å²) >= 11 is 1.54. The van der Waals surface area contributed by atoms with Gasteiger partial charge in [0.25, 0.3) is 0 Å². The maximum absolute atomic E-state index is 12.3. The molecule has 1 aliphatic rings. The lowest BCUT2D eigenvalue weighted by Crippen LogP contribution is -2.38. The van der Waals surface area contributed by atoms with Crippen LogP contribution in [-0.2, 0) is 11.2 Å². The summed E-state index contributed by atoms with van der Waals surface area (Å²) in [7, 11) is 1.63. The Balaban J connectivity index is 1.48. The second-order valence-electron chi connectivity index (χ2n) is 5.13. The zero-order valence-corrected chi connectivity index (χ0v) is 13.6. The molecule has 3 rings (SSSR count). The van der Waals surface area contributed by atoms with Crippen LogP contribution in [0.3, 0.4) is 0 Å². The van der Waals surface area contributed by atoms with Crippen molar-refractivity contribution >= 4 is 17.7 Å². The first-order valence-electron chi connectivity index (χ1n) is 7.32. The summed E-state index contributed by atoms with van der Waals surface area (Å²) in [5.41, 5.74) is 1.01. The summed E-state index contributed by atoms with van der Waals surface area (Å²) in [5.74, 6) is 2.19. The van der Waals surface area contributed by atoms with Gasteiger partial charge < -0.3 is 14.8 Å². The number of carbonyl (C=O) groups excluding carboxylic acids is 1. The van der Waals surface area contributed by atoms with Gasteiger partial charge in [0.05, 0.1) is 19.2 Å². The molecule has 1 unspecified atom stereocenters. The first-order valence-corrected chi connectivity index (χ1v) is 8.31. The molecule has 7 nitrogen and oxygen atoms in total. The first kappa shape index (κ1) is 15.7. The van der Waals surface area contributed by atoms with E-state index in [4.69, 9.17) is 9.47 Å². The molecule has 0 spiro atoms. The third-order valence-electron chi connectivity index (χ3n) is 3.59. The molecule has 2 N–H and O–H groups in total. The van der Waals surface area contributed by atoms with E-state index in [9.17, 15) is 4.79 Å². The third kappa shape index (κ3) is 3.95. The standard InChI is InChI=1S/C15H18N4O3S/c1-21-12-2-3-13-10(7-12)6-11(9-22-13)15(20)16-4-5-23-14-8-17-19-18-14/h2-3,7-8,11H,4-6,9H2,1H3,(H,16,20)(H,17,18,19). The SMILES string of the molecule is COc1ccc2c(c1)CC(C(=O)NCCSc1cn[nH]n1)CO2. The maximum Gasteiger partial charge on any atom is 0.226 e. The number of carbonyl (C=O) groups is 1. The highest BCUT2D eigenvalue weighted by Crippen LogP contribution is 2.30. The van der Waals surface area contributed by atoms with Gasteiger partial charge in [-0.15, -0.1) is 16.9 Å². The molecule has 0 fully saturated rings. The van der Waals surface area contributed by atoms with Crippen LogP contribution in [0.5, 0.6) is 11.5 Å². The summed E-state index contributed by atoms with van der Waals surface area (Å²) in [6.07, 6.45) is 2.32. The largest absolute Gasteiger partial charge is 0.497 e. The summed E-state index contributed by atoms with van der Waals surface area (Å²) < 4.78 is 10.9. The van der Waals surface area contributed by atoms with Gasteiger partial charge >= 0.3 is 0 Å². The van der Waals surface area contributed by atoms with E-state index in [-0.39, 0.29) is 11.8 Å². The fraction of sp³-hybridized carbons (Fsp3) is 0.400. The Morgan fingerprint density at radius 3 is 3.26 bits per heavy atom. The molecule has 122 valence electrons. The van der Waals surface area contributed by atoms with E-state index in [0.29, 0.717) is 19.6 Å². The first-order chi connectivity index (χ1) is 11.3. The van der Waals surface area contributed by atoms with Gasteiger partial charge in [-0.05, 0) is 30.2 Å². The molecule has 1 amide bonds. The van der Waals surface area contributed by atoms with Crippen molar-refractivity contribution in [3.63, 3.8) is 0 Å². The monoisotopic (exact) mass is 334 g/mol. The van der Waals surface area contributed by atoms with E-state index in [0.717, 1.165) is 27.8 Å². The zero-order chi connectivity index (χ0) is 16.1. The fourth-order valence-electron chi connectivity index (χ4n) is 2.40. The van der Waals surface area contributed by atoms with Crippen LogP contribution in [0, 0.1) is 5.92 Å². The number of rotatable bonds is 6. The van der Waals surface area contributed by atoms with Crippen LogP contribution >= 0.6 is 11.8 Å². The van der Waals surface area contributed by atoms with Crippen LogP contribution in [-0.4, -0.2) is 47.3 Å². The molecule has 23 heavy (non-hydrogen) atoms. The molecule has 1 aliphatic heterocycles. The molecular formula is C15H18N4O3S. The van der Waals surface area contributed by atoms with Crippen LogP contribution in [0.4, 0.5) is 0 Å². The zero-order valence-electron chi connectivity index (χ0n) is 12.7. The van der Waals surface area contributed by atoms with Crippen LogP contribution in [0.15, 0.2) is 29.4 Å².